The molecule has 0 aromatic heterocycles. The van der Waals surface area contributed by atoms with Crippen molar-refractivity contribution in [2.75, 3.05) is 40.9 Å². The van der Waals surface area contributed by atoms with Crippen molar-refractivity contribution >= 4 is 19.7 Å². The summed E-state index contributed by atoms with van der Waals surface area (Å²) < 4.78 is 30.7. The van der Waals surface area contributed by atoms with Gasteiger partial charge in [-0.3, -0.25) is 18.6 Å². The Bertz CT molecular complexity index is 1740. The Morgan fingerprint density at radius 3 is 1.18 bits per heavy atom. The quantitative estimate of drug-likeness (QED) is 0.0205. The lowest BCUT2D eigenvalue weighted by Gasteiger charge is -2.27. The Kier molecular flexibility index (Phi) is 59.7. The standard InChI is InChI=1S/C73H131N2O7P/c1-7-10-13-16-19-22-25-27-29-31-33-35-36-37-38-40-42-44-46-48-51-54-57-60-63-66-73(77)82-71(64-61-58-55-52-49-24-21-18-15-12-9-3)70(69-81-83(78,79)80-68-67-75(4,5)6)74-72(76)65-62-59-56-53-50-47-45-43-41-39-34-32-30-28-26-23-20-17-14-11-8-2/h11,14,20,23,27-30,34,39,43,45,50,53,61,64,70-71H,7-10,12-13,15-19,21-22,24-26,31-33,35-38,40-42,44,46-49,51-52,54-60,62-63,65-69H2,1-6H3,(H-,74,76,78,79)/p+1/b14-11-,23-20-,29-27+,30-28-,39-34-,45-43-,53-50-,64-61+. The van der Waals surface area contributed by atoms with Crippen LogP contribution in [-0.2, 0) is 27.9 Å². The number of carbonyl (C=O) groups excluding carboxylic acids is 2. The molecule has 0 rings (SSSR count). The Morgan fingerprint density at radius 2 is 0.771 bits per heavy atom. The van der Waals surface area contributed by atoms with Gasteiger partial charge in [0.2, 0.25) is 5.91 Å². The van der Waals surface area contributed by atoms with Gasteiger partial charge < -0.3 is 19.4 Å². The molecule has 10 heteroatoms. The van der Waals surface area contributed by atoms with E-state index < -0.39 is 20.0 Å². The molecule has 0 aliphatic carbocycles. The average Bonchev–Trinajstić information content (AvgIpc) is 3.51. The third kappa shape index (κ3) is 63.3. The lowest BCUT2D eigenvalue weighted by atomic mass is 10.0. The van der Waals surface area contributed by atoms with Gasteiger partial charge >= 0.3 is 13.8 Å². The maximum atomic E-state index is 13.6. The molecule has 0 bridgehead atoms. The van der Waals surface area contributed by atoms with E-state index in [0.717, 1.165) is 89.9 Å². The summed E-state index contributed by atoms with van der Waals surface area (Å²) in [6, 6.07) is -0.876. The predicted molar refractivity (Wildman–Crippen MR) is 360 cm³/mol. The summed E-state index contributed by atoms with van der Waals surface area (Å²) in [5, 5.41) is 3.04. The fraction of sp³-hybridized carbons (Fsp3) is 0.753. The molecule has 0 aliphatic rings. The summed E-state index contributed by atoms with van der Waals surface area (Å²) in [6.45, 7) is 6.87. The summed E-state index contributed by atoms with van der Waals surface area (Å²) in [4.78, 5) is 37.8. The number of nitrogens with zero attached hydrogens (tertiary/aromatic N) is 1. The van der Waals surface area contributed by atoms with Gasteiger partial charge in [-0.1, -0.05) is 279 Å². The smallest absolute Gasteiger partial charge is 0.456 e. The minimum Gasteiger partial charge on any atom is -0.456 e. The molecule has 2 N–H and O–H groups in total. The molecule has 0 aromatic rings. The first-order chi connectivity index (χ1) is 40.4. The second kappa shape index (κ2) is 62.0. The molecular weight excluding hydrogens is 1050 g/mol. The monoisotopic (exact) mass is 1180 g/mol. The van der Waals surface area contributed by atoms with Crippen molar-refractivity contribution < 1.29 is 37.3 Å². The zero-order chi connectivity index (χ0) is 60.7. The van der Waals surface area contributed by atoms with Crippen LogP contribution in [0.3, 0.4) is 0 Å². The van der Waals surface area contributed by atoms with E-state index in [1.807, 2.05) is 33.3 Å². The molecule has 0 radical (unpaired) electrons. The number of unbranched alkanes of at least 4 members (excludes halogenated alkanes) is 32. The Balaban J connectivity index is 5.12. The Labute approximate surface area is 513 Å². The maximum absolute atomic E-state index is 13.6. The molecule has 0 fully saturated rings. The van der Waals surface area contributed by atoms with E-state index >= 15 is 0 Å². The summed E-state index contributed by atoms with van der Waals surface area (Å²) in [5.74, 6) is -0.553. The van der Waals surface area contributed by atoms with Crippen molar-refractivity contribution in [2.24, 2.45) is 0 Å². The highest BCUT2D eigenvalue weighted by molar-refractivity contribution is 7.47. The molecule has 9 nitrogen and oxygen atoms in total. The Morgan fingerprint density at radius 1 is 0.434 bits per heavy atom. The van der Waals surface area contributed by atoms with Crippen molar-refractivity contribution in [2.45, 2.75) is 315 Å². The van der Waals surface area contributed by atoms with Crippen molar-refractivity contribution in [3.8, 4) is 0 Å². The average molecular weight is 1180 g/mol. The van der Waals surface area contributed by atoms with Gasteiger partial charge in [0.25, 0.3) is 0 Å². The van der Waals surface area contributed by atoms with E-state index in [0.29, 0.717) is 17.4 Å². The van der Waals surface area contributed by atoms with Crippen LogP contribution in [0.5, 0.6) is 0 Å². The number of amides is 1. The molecule has 0 aromatic carbocycles. The molecule has 3 atom stereocenters. The lowest BCUT2D eigenvalue weighted by Crippen LogP contribution is -2.47. The highest BCUT2D eigenvalue weighted by atomic mass is 31.2. The van der Waals surface area contributed by atoms with Gasteiger partial charge in [0.15, 0.2) is 0 Å². The van der Waals surface area contributed by atoms with Gasteiger partial charge in [-0.2, -0.15) is 0 Å². The number of likely N-dealkylation sites (N-methyl/N-ethyl adjacent to an activating group) is 1. The molecule has 1 amide bonds. The van der Waals surface area contributed by atoms with E-state index in [-0.39, 0.29) is 37.9 Å². The molecule has 83 heavy (non-hydrogen) atoms. The highest BCUT2D eigenvalue weighted by Crippen LogP contribution is 2.43. The maximum Gasteiger partial charge on any atom is 0.472 e. The van der Waals surface area contributed by atoms with Crippen LogP contribution in [-0.4, -0.2) is 74.3 Å². The largest absolute Gasteiger partial charge is 0.472 e. The second-order valence-corrected chi connectivity index (χ2v) is 25.8. The molecule has 3 unspecified atom stereocenters. The van der Waals surface area contributed by atoms with Crippen LogP contribution in [0, 0.1) is 0 Å². The molecule has 0 saturated heterocycles. The van der Waals surface area contributed by atoms with E-state index in [4.69, 9.17) is 13.8 Å². The molecule has 0 spiro atoms. The molecule has 0 aliphatic heterocycles. The first-order valence-electron chi connectivity index (χ1n) is 34.6. The van der Waals surface area contributed by atoms with Crippen LogP contribution in [0.15, 0.2) is 97.2 Å². The van der Waals surface area contributed by atoms with Gasteiger partial charge in [0.05, 0.1) is 33.8 Å². The Hall–Kier alpha value is -3.07. The number of esters is 1. The van der Waals surface area contributed by atoms with E-state index in [1.165, 1.54) is 173 Å². The third-order valence-corrected chi connectivity index (χ3v) is 16.0. The molecule has 0 heterocycles. The van der Waals surface area contributed by atoms with Crippen molar-refractivity contribution in [1.29, 1.82) is 0 Å². The SMILES string of the molecule is CC/C=C\C/C=C\C/C=C\C/C=C\C/C=C\C/C=C\CCCCC(=O)NC(COP(=O)(O)OCC[N+](C)(C)C)C(/C=C/CCCCCCCCCCC)OC(=O)CCCCCCCCCCCCCCCCC/C=C/CCCCCCCC. The minimum absolute atomic E-state index is 0.0282. The van der Waals surface area contributed by atoms with Crippen LogP contribution in [0.25, 0.3) is 0 Å². The van der Waals surface area contributed by atoms with Gasteiger partial charge in [0.1, 0.15) is 19.3 Å². The van der Waals surface area contributed by atoms with Crippen molar-refractivity contribution in [1.82, 2.24) is 5.32 Å². The normalized spacial score (nSPS) is 14.2. The van der Waals surface area contributed by atoms with E-state index in [2.05, 4.69) is 111 Å². The lowest BCUT2D eigenvalue weighted by molar-refractivity contribution is -0.870. The number of hydrogen-bond acceptors (Lipinski definition) is 6. The number of nitrogens with one attached hydrogen (secondary N) is 1. The number of rotatable bonds is 62. The summed E-state index contributed by atoms with van der Waals surface area (Å²) in [6.07, 6.45) is 84.3. The van der Waals surface area contributed by atoms with Gasteiger partial charge in [-0.25, -0.2) is 4.57 Å². The first kappa shape index (κ1) is 79.9. The zero-order valence-electron chi connectivity index (χ0n) is 54.9. The molecule has 480 valence electrons. The minimum atomic E-state index is -4.47. The molecule has 0 saturated carbocycles. The first-order valence-corrected chi connectivity index (χ1v) is 36.1. The zero-order valence-corrected chi connectivity index (χ0v) is 55.8. The highest BCUT2D eigenvalue weighted by Gasteiger charge is 2.30. The fourth-order valence-electron chi connectivity index (χ4n) is 9.70. The number of allylic oxidation sites excluding steroid dienone is 15. The van der Waals surface area contributed by atoms with Crippen LogP contribution in [0.4, 0.5) is 0 Å². The summed E-state index contributed by atoms with van der Waals surface area (Å²) in [5.41, 5.74) is 0. The van der Waals surface area contributed by atoms with Crippen molar-refractivity contribution in [3.05, 3.63) is 97.2 Å². The third-order valence-electron chi connectivity index (χ3n) is 15.0. The number of quaternary nitrogens is 1. The summed E-state index contributed by atoms with van der Waals surface area (Å²) >= 11 is 0. The number of ether oxygens (including phenoxy) is 1. The number of carbonyl (C=O) groups is 2. The number of phosphoric acid groups is 1. The molecular formula is C73H132N2O7P+. The summed E-state index contributed by atoms with van der Waals surface area (Å²) in [7, 11) is 1.46. The topological polar surface area (TPSA) is 111 Å². The second-order valence-electron chi connectivity index (χ2n) is 24.3. The fourth-order valence-corrected chi connectivity index (χ4v) is 10.4. The van der Waals surface area contributed by atoms with Crippen LogP contribution in [0.2, 0.25) is 0 Å². The predicted octanol–water partition coefficient (Wildman–Crippen LogP) is 21.9. The van der Waals surface area contributed by atoms with Gasteiger partial charge in [-0.15, -0.1) is 0 Å². The van der Waals surface area contributed by atoms with E-state index in [1.54, 1.807) is 0 Å². The van der Waals surface area contributed by atoms with Crippen LogP contribution in [0.1, 0.15) is 303 Å². The van der Waals surface area contributed by atoms with Gasteiger partial charge in [-0.05, 0) is 109 Å². The number of hydrogen-bond donors (Lipinski definition) is 2. The van der Waals surface area contributed by atoms with E-state index in [9.17, 15) is 19.0 Å². The van der Waals surface area contributed by atoms with Gasteiger partial charge in [0, 0.05) is 12.8 Å². The number of phosphoric ester groups is 1. The van der Waals surface area contributed by atoms with Crippen LogP contribution < -0.4 is 5.32 Å². The van der Waals surface area contributed by atoms with Crippen LogP contribution >= 0.6 is 7.82 Å². The van der Waals surface area contributed by atoms with Crippen molar-refractivity contribution in [3.63, 3.8) is 0 Å².